The summed E-state index contributed by atoms with van der Waals surface area (Å²) in [6.45, 7) is 0. The van der Waals surface area contributed by atoms with E-state index in [4.69, 9.17) is 9.41 Å². The monoisotopic (exact) mass is 809 g/mol. The Morgan fingerprint density at radius 3 is 1.81 bits per heavy atom. The molecule has 300 valence electrons. The zero-order chi connectivity index (χ0) is 41.7. The minimum Gasteiger partial charge on any atom is -0.456 e. The van der Waals surface area contributed by atoms with Crippen molar-refractivity contribution in [2.75, 3.05) is 0 Å². The number of furan rings is 1. The van der Waals surface area contributed by atoms with Gasteiger partial charge in [0.1, 0.15) is 29.3 Å². The third-order valence-electron chi connectivity index (χ3n) is 12.9. The molecule has 2 heterocycles. The van der Waals surface area contributed by atoms with Crippen LogP contribution in [0.25, 0.3) is 66.4 Å². The first-order valence-corrected chi connectivity index (χ1v) is 21.9. The van der Waals surface area contributed by atoms with Gasteiger partial charge in [0.2, 0.25) is 0 Å². The second-order valence-electron chi connectivity index (χ2n) is 16.7. The largest absolute Gasteiger partial charge is 0.456 e. The number of benzene rings is 9. The highest BCUT2D eigenvalue weighted by molar-refractivity contribution is 6.10. The van der Waals surface area contributed by atoms with Crippen LogP contribution in [-0.2, 0) is 6.42 Å². The van der Waals surface area contributed by atoms with Gasteiger partial charge in [-0.05, 0) is 91.9 Å². The van der Waals surface area contributed by atoms with E-state index in [2.05, 4.69) is 229 Å². The van der Waals surface area contributed by atoms with Crippen molar-refractivity contribution in [3.8, 4) is 44.5 Å². The molecule has 1 aliphatic heterocycles. The van der Waals surface area contributed by atoms with Gasteiger partial charge in [0.05, 0.1) is 0 Å². The van der Waals surface area contributed by atoms with Crippen molar-refractivity contribution in [3.63, 3.8) is 0 Å². The second kappa shape index (κ2) is 15.6. The van der Waals surface area contributed by atoms with Crippen LogP contribution in [0, 0.1) is 0 Å². The molecule has 4 nitrogen and oxygen atoms in total. The summed E-state index contributed by atoms with van der Waals surface area (Å²) in [5, 5.41) is 10.0. The highest BCUT2D eigenvalue weighted by Crippen LogP contribution is 2.48. The number of fused-ring (bicyclic) bond motifs is 6. The fourth-order valence-corrected chi connectivity index (χ4v) is 9.90. The average Bonchev–Trinajstić information content (AvgIpc) is 3.76. The normalized spacial score (nSPS) is 16.8. The van der Waals surface area contributed by atoms with Crippen LogP contribution in [0.1, 0.15) is 51.6 Å². The van der Waals surface area contributed by atoms with Crippen LogP contribution in [0.15, 0.2) is 228 Å². The Balaban J connectivity index is 1.03. The fourth-order valence-electron chi connectivity index (χ4n) is 9.90. The van der Waals surface area contributed by atoms with Gasteiger partial charge in [-0.2, -0.15) is 0 Å². The van der Waals surface area contributed by atoms with Crippen LogP contribution in [0.2, 0.25) is 0 Å². The number of nitrogens with one attached hydrogen (secondary N) is 2. The van der Waals surface area contributed by atoms with E-state index in [1.807, 2.05) is 0 Å². The summed E-state index contributed by atoms with van der Waals surface area (Å²) < 4.78 is 7.23. The van der Waals surface area contributed by atoms with Crippen LogP contribution >= 0.6 is 0 Å². The Morgan fingerprint density at radius 2 is 1.06 bits per heavy atom. The van der Waals surface area contributed by atoms with Gasteiger partial charge in [0.15, 0.2) is 0 Å². The summed E-state index contributed by atoms with van der Waals surface area (Å²) in [5.41, 5.74) is 18.5. The van der Waals surface area contributed by atoms with E-state index in [-0.39, 0.29) is 18.2 Å². The van der Waals surface area contributed by atoms with Crippen LogP contribution in [0.5, 0.6) is 0 Å². The van der Waals surface area contributed by atoms with Crippen molar-refractivity contribution in [2.24, 2.45) is 4.99 Å². The number of rotatable bonds is 7. The number of hydrogen-bond acceptors (Lipinski definition) is 4. The second-order valence-corrected chi connectivity index (χ2v) is 16.7. The Kier molecular flexibility index (Phi) is 9.16. The van der Waals surface area contributed by atoms with Gasteiger partial charge in [0, 0.05) is 33.4 Å². The van der Waals surface area contributed by atoms with Crippen molar-refractivity contribution < 1.29 is 4.42 Å². The lowest BCUT2D eigenvalue weighted by Crippen LogP contribution is -2.45. The molecule has 0 amide bonds. The molecular weight excluding hydrogens is 767 g/mol. The minimum atomic E-state index is -0.308. The molecule has 0 fully saturated rings. The summed E-state index contributed by atoms with van der Waals surface area (Å²) >= 11 is 0. The lowest BCUT2D eigenvalue weighted by atomic mass is 9.74. The maximum absolute atomic E-state index is 7.23. The standard InChI is InChI=1S/C59H43N3O/c1-5-17-38(18-6-1)42-26-15-27-45(33-42)58-60-57(41-23-11-4-12-24-41)61-59(62-58)53-36-46(40-21-9-3-10-22-40)37-54-55(53)50-30-16-29-49(56(50)63-54)52-35-44-25-13-14-28-47(44)51-34-43(31-32-48(51)52)39-19-7-2-8-20-39/h1-34,36-37,52,57,59,61H,35H2,(H,60,62). The van der Waals surface area contributed by atoms with E-state index in [1.165, 1.54) is 44.5 Å². The molecule has 0 spiro atoms. The molecule has 9 aromatic carbocycles. The Hall–Kier alpha value is -7.79. The molecule has 2 aliphatic rings. The number of hydrogen-bond donors (Lipinski definition) is 2. The van der Waals surface area contributed by atoms with Crippen LogP contribution < -0.4 is 10.6 Å². The minimum absolute atomic E-state index is 0.102. The maximum atomic E-state index is 7.23. The lowest BCUT2D eigenvalue weighted by Gasteiger charge is -2.33. The van der Waals surface area contributed by atoms with Crippen molar-refractivity contribution in [3.05, 3.63) is 252 Å². The molecule has 0 saturated heterocycles. The smallest absolute Gasteiger partial charge is 0.139 e. The molecule has 3 unspecified atom stereocenters. The molecule has 12 rings (SSSR count). The average molecular weight is 810 g/mol. The first-order valence-electron chi connectivity index (χ1n) is 21.9. The Labute approximate surface area is 367 Å². The van der Waals surface area contributed by atoms with Crippen molar-refractivity contribution in [2.45, 2.75) is 24.7 Å². The zero-order valence-electron chi connectivity index (χ0n) is 34.6. The number of para-hydroxylation sites is 1. The number of aliphatic imine (C=N–C) groups is 1. The third kappa shape index (κ3) is 6.73. The molecule has 2 N–H and O–H groups in total. The third-order valence-corrected chi connectivity index (χ3v) is 12.9. The lowest BCUT2D eigenvalue weighted by molar-refractivity contribution is 0.411. The summed E-state index contributed by atoms with van der Waals surface area (Å²) in [6.07, 6.45) is 0.285. The van der Waals surface area contributed by atoms with E-state index in [0.717, 1.165) is 67.6 Å². The van der Waals surface area contributed by atoms with E-state index in [9.17, 15) is 0 Å². The molecular formula is C59H43N3O. The van der Waals surface area contributed by atoms with E-state index >= 15 is 0 Å². The highest BCUT2D eigenvalue weighted by Gasteiger charge is 2.32. The van der Waals surface area contributed by atoms with Crippen molar-refractivity contribution in [1.29, 1.82) is 0 Å². The van der Waals surface area contributed by atoms with Crippen LogP contribution in [0.4, 0.5) is 0 Å². The SMILES string of the molecule is c1ccc(-c2cccc(C3=NC(c4ccccc4)NC(c4cc(-c5ccccc5)cc5oc6c(C7Cc8ccccc8-c8cc(-c9ccccc9)ccc87)cccc6c45)N3)c2)cc1. The Bertz CT molecular complexity index is 3320. The first-order chi connectivity index (χ1) is 31.2. The van der Waals surface area contributed by atoms with Crippen LogP contribution in [-0.4, -0.2) is 5.84 Å². The Morgan fingerprint density at radius 1 is 0.444 bits per heavy atom. The summed E-state index contributed by atoms with van der Waals surface area (Å²) in [4.78, 5) is 5.35. The zero-order valence-corrected chi connectivity index (χ0v) is 34.6. The number of amidine groups is 1. The van der Waals surface area contributed by atoms with Gasteiger partial charge < -0.3 is 9.73 Å². The molecule has 63 heavy (non-hydrogen) atoms. The molecule has 1 aliphatic carbocycles. The molecule has 10 aromatic rings. The summed E-state index contributed by atoms with van der Waals surface area (Å²) in [5.74, 6) is 0.939. The van der Waals surface area contributed by atoms with Crippen molar-refractivity contribution in [1.82, 2.24) is 10.6 Å². The molecule has 4 heteroatoms. The molecule has 3 atom stereocenters. The van der Waals surface area contributed by atoms with Gasteiger partial charge in [-0.1, -0.05) is 194 Å². The topological polar surface area (TPSA) is 49.6 Å². The van der Waals surface area contributed by atoms with Crippen LogP contribution in [0.3, 0.4) is 0 Å². The van der Waals surface area contributed by atoms with Gasteiger partial charge in [-0.25, -0.2) is 4.99 Å². The maximum Gasteiger partial charge on any atom is 0.139 e. The predicted molar refractivity (Wildman–Crippen MR) is 259 cm³/mol. The van der Waals surface area contributed by atoms with Crippen molar-refractivity contribution >= 4 is 27.8 Å². The van der Waals surface area contributed by atoms with E-state index in [1.54, 1.807) is 0 Å². The van der Waals surface area contributed by atoms with Gasteiger partial charge >= 0.3 is 0 Å². The van der Waals surface area contributed by atoms with E-state index in [0.29, 0.717) is 0 Å². The van der Waals surface area contributed by atoms with Gasteiger partial charge in [0.25, 0.3) is 0 Å². The molecule has 0 radical (unpaired) electrons. The van der Waals surface area contributed by atoms with Gasteiger partial charge in [-0.3, -0.25) is 5.32 Å². The fraction of sp³-hybridized carbons (Fsp3) is 0.0678. The molecule has 0 bridgehead atoms. The number of nitrogens with zero attached hydrogens (tertiary/aromatic N) is 1. The highest BCUT2D eigenvalue weighted by atomic mass is 16.3. The molecule has 0 saturated carbocycles. The van der Waals surface area contributed by atoms with Gasteiger partial charge in [-0.15, -0.1) is 0 Å². The first kappa shape index (κ1) is 37.0. The molecule has 1 aromatic heterocycles. The van der Waals surface area contributed by atoms with E-state index < -0.39 is 0 Å². The quantitative estimate of drug-likeness (QED) is 0.169. The predicted octanol–water partition coefficient (Wildman–Crippen LogP) is 14.3. The summed E-state index contributed by atoms with van der Waals surface area (Å²) in [6, 6.07) is 78.3. The summed E-state index contributed by atoms with van der Waals surface area (Å²) in [7, 11) is 0.